The molecule has 280 valence electrons. The fraction of sp³-hybridized carbons (Fsp3) is 0.618. The standard InChI is InChI=1S/C34H42O17/c1-15-26(45-16(2)37)28(48-21(39)10-9-18-7-5-4-6-8-18)29(46-17(3)38)33(44-15)49-27-19-11-12-43-31(22(19)34(14-36)30(27)51-34)50-32-25(42)24(41)23(40)20(13-35)47-32/h4-12,15,19-20,22-33,35-36,40-42H,13-14H2,1-3H3. The van der Waals surface area contributed by atoms with Crippen molar-refractivity contribution in [3.63, 3.8) is 0 Å². The molecule has 1 aliphatic carbocycles. The quantitative estimate of drug-likeness (QED) is 0.0769. The van der Waals surface area contributed by atoms with Crippen molar-refractivity contribution in [1.82, 2.24) is 0 Å². The minimum Gasteiger partial charge on any atom is -0.472 e. The summed E-state index contributed by atoms with van der Waals surface area (Å²) >= 11 is 0. The van der Waals surface area contributed by atoms with Crippen LogP contribution in [0, 0.1) is 11.8 Å². The third-order valence-electron chi connectivity index (χ3n) is 9.68. The molecule has 0 radical (unpaired) electrons. The molecule has 16 atom stereocenters. The summed E-state index contributed by atoms with van der Waals surface area (Å²) in [6.07, 6.45) is -11.5. The van der Waals surface area contributed by atoms with Gasteiger partial charge in [0.1, 0.15) is 36.1 Å². The Morgan fingerprint density at radius 1 is 0.824 bits per heavy atom. The zero-order chi connectivity index (χ0) is 36.6. The molecular weight excluding hydrogens is 680 g/mol. The van der Waals surface area contributed by atoms with Crippen molar-refractivity contribution in [2.45, 2.75) is 106 Å². The van der Waals surface area contributed by atoms with Gasteiger partial charge in [0, 0.05) is 25.8 Å². The second kappa shape index (κ2) is 15.2. The van der Waals surface area contributed by atoms with Crippen LogP contribution in [0.4, 0.5) is 0 Å². The lowest BCUT2D eigenvalue weighted by molar-refractivity contribution is -0.347. The van der Waals surface area contributed by atoms with Crippen molar-refractivity contribution in [3.8, 4) is 0 Å². The van der Waals surface area contributed by atoms with Gasteiger partial charge in [-0.3, -0.25) is 9.59 Å². The van der Waals surface area contributed by atoms with Gasteiger partial charge < -0.3 is 68.2 Å². The predicted molar refractivity (Wildman–Crippen MR) is 166 cm³/mol. The zero-order valence-corrected chi connectivity index (χ0v) is 27.9. The van der Waals surface area contributed by atoms with Gasteiger partial charge in [-0.15, -0.1) is 0 Å². The van der Waals surface area contributed by atoms with Crippen molar-refractivity contribution >= 4 is 24.0 Å². The van der Waals surface area contributed by atoms with Crippen LogP contribution in [0.3, 0.4) is 0 Å². The molecule has 17 nitrogen and oxygen atoms in total. The van der Waals surface area contributed by atoms with Gasteiger partial charge in [0.25, 0.3) is 0 Å². The lowest BCUT2D eigenvalue weighted by atomic mass is 9.85. The molecule has 51 heavy (non-hydrogen) atoms. The van der Waals surface area contributed by atoms with Crippen LogP contribution in [0.5, 0.6) is 0 Å². The lowest BCUT2D eigenvalue weighted by Gasteiger charge is -2.45. The van der Waals surface area contributed by atoms with Gasteiger partial charge in [0.15, 0.2) is 30.9 Å². The van der Waals surface area contributed by atoms with Crippen LogP contribution < -0.4 is 0 Å². The number of aliphatic hydroxyl groups is 5. The summed E-state index contributed by atoms with van der Waals surface area (Å²) in [7, 11) is 0. The summed E-state index contributed by atoms with van der Waals surface area (Å²) < 4.78 is 52.6. The Bertz CT molecular complexity index is 1470. The van der Waals surface area contributed by atoms with E-state index in [4.69, 9.17) is 42.6 Å². The third kappa shape index (κ3) is 7.41. The van der Waals surface area contributed by atoms with Crippen LogP contribution in [0.15, 0.2) is 48.7 Å². The largest absolute Gasteiger partial charge is 0.472 e. The first-order valence-corrected chi connectivity index (χ1v) is 16.5. The topological polar surface area (TPSA) is 239 Å². The summed E-state index contributed by atoms with van der Waals surface area (Å²) in [5.41, 5.74) is -0.556. The number of aliphatic hydroxyl groups excluding tert-OH is 5. The number of fused-ring (bicyclic) bond motifs is 3. The van der Waals surface area contributed by atoms with E-state index in [2.05, 4.69) is 0 Å². The molecule has 4 aliphatic heterocycles. The third-order valence-corrected chi connectivity index (χ3v) is 9.68. The molecule has 0 bridgehead atoms. The molecule has 17 heteroatoms. The SMILES string of the molecule is CC(=O)OC1C(C)OC(OC2C3C=COC(OC4OC(CO)C(O)C(O)C4O)C3C3(CO)OC23)C(OC(C)=O)C1OC(=O)C=Cc1ccccc1. The van der Waals surface area contributed by atoms with Crippen LogP contribution in [0.25, 0.3) is 6.08 Å². The smallest absolute Gasteiger partial charge is 0.331 e. The highest BCUT2D eigenvalue weighted by molar-refractivity contribution is 5.87. The molecule has 0 amide bonds. The molecule has 5 N–H and O–H groups in total. The van der Waals surface area contributed by atoms with Gasteiger partial charge in [-0.1, -0.05) is 30.3 Å². The van der Waals surface area contributed by atoms with Crippen molar-refractivity contribution in [2.75, 3.05) is 13.2 Å². The highest BCUT2D eigenvalue weighted by atomic mass is 16.8. The Balaban J connectivity index is 1.24. The van der Waals surface area contributed by atoms with E-state index in [1.807, 2.05) is 6.07 Å². The first kappa shape index (κ1) is 37.3. The fourth-order valence-corrected chi connectivity index (χ4v) is 7.25. The minimum absolute atomic E-state index is 0.512. The van der Waals surface area contributed by atoms with E-state index in [1.165, 1.54) is 25.3 Å². The summed E-state index contributed by atoms with van der Waals surface area (Å²) in [6.45, 7) is 2.69. The summed E-state index contributed by atoms with van der Waals surface area (Å²) in [5, 5.41) is 51.2. The highest BCUT2D eigenvalue weighted by Gasteiger charge is 2.77. The van der Waals surface area contributed by atoms with E-state index in [-0.39, 0.29) is 0 Å². The second-order valence-corrected chi connectivity index (χ2v) is 13.0. The van der Waals surface area contributed by atoms with Crippen molar-refractivity contribution in [2.24, 2.45) is 11.8 Å². The maximum atomic E-state index is 13.1. The Morgan fingerprint density at radius 2 is 1.53 bits per heavy atom. The average Bonchev–Trinajstić information content (AvgIpc) is 3.78. The van der Waals surface area contributed by atoms with E-state index in [1.54, 1.807) is 37.3 Å². The van der Waals surface area contributed by atoms with Gasteiger partial charge in [0.05, 0.1) is 37.6 Å². The van der Waals surface area contributed by atoms with Crippen LogP contribution in [0.1, 0.15) is 26.3 Å². The molecule has 0 spiro atoms. The molecule has 3 saturated heterocycles. The average molecular weight is 723 g/mol. The highest BCUT2D eigenvalue weighted by Crippen LogP contribution is 2.61. The number of esters is 3. The molecule has 6 rings (SSSR count). The van der Waals surface area contributed by atoms with Crippen molar-refractivity contribution in [1.29, 1.82) is 0 Å². The molecule has 1 aromatic carbocycles. The Labute approximate surface area is 292 Å². The monoisotopic (exact) mass is 722 g/mol. The van der Waals surface area contributed by atoms with E-state index in [0.717, 1.165) is 12.5 Å². The maximum absolute atomic E-state index is 13.1. The number of benzene rings is 1. The second-order valence-electron chi connectivity index (χ2n) is 13.0. The Kier molecular flexibility index (Phi) is 11.1. The van der Waals surface area contributed by atoms with E-state index in [9.17, 15) is 39.9 Å². The van der Waals surface area contributed by atoms with Crippen molar-refractivity contribution in [3.05, 3.63) is 54.3 Å². The first-order chi connectivity index (χ1) is 24.4. The predicted octanol–water partition coefficient (Wildman–Crippen LogP) is -1.33. The first-order valence-electron chi connectivity index (χ1n) is 16.5. The molecular formula is C34H42O17. The van der Waals surface area contributed by atoms with Gasteiger partial charge >= 0.3 is 17.9 Å². The number of carbonyl (C=O) groups excluding carboxylic acids is 3. The van der Waals surface area contributed by atoms with Crippen LogP contribution in [-0.4, -0.2) is 142 Å². The van der Waals surface area contributed by atoms with E-state index < -0.39 is 128 Å². The molecule has 1 saturated carbocycles. The van der Waals surface area contributed by atoms with E-state index in [0.29, 0.717) is 0 Å². The number of hydrogen-bond donors (Lipinski definition) is 5. The number of carbonyl (C=O) groups is 3. The fourth-order valence-electron chi connectivity index (χ4n) is 7.25. The molecule has 0 aromatic heterocycles. The normalized spacial score (nSPS) is 42.7. The van der Waals surface area contributed by atoms with Gasteiger partial charge in [-0.25, -0.2) is 4.79 Å². The van der Waals surface area contributed by atoms with Crippen LogP contribution >= 0.6 is 0 Å². The lowest BCUT2D eigenvalue weighted by Crippen LogP contribution is -2.62. The molecule has 16 unspecified atom stereocenters. The van der Waals surface area contributed by atoms with Crippen LogP contribution in [-0.2, 0) is 57.0 Å². The molecule has 5 aliphatic rings. The van der Waals surface area contributed by atoms with E-state index >= 15 is 0 Å². The van der Waals surface area contributed by atoms with Crippen LogP contribution in [0.2, 0.25) is 0 Å². The number of rotatable bonds is 11. The summed E-state index contributed by atoms with van der Waals surface area (Å²) in [5.74, 6) is -3.71. The number of ether oxygens (including phenoxy) is 9. The molecule has 1 aromatic rings. The molecule has 4 heterocycles. The van der Waals surface area contributed by atoms with Gasteiger partial charge in [-0.05, 0) is 24.6 Å². The number of hydrogen-bond acceptors (Lipinski definition) is 17. The zero-order valence-electron chi connectivity index (χ0n) is 27.9. The Morgan fingerprint density at radius 3 is 2.20 bits per heavy atom. The summed E-state index contributed by atoms with van der Waals surface area (Å²) in [6, 6.07) is 8.96. The molecule has 4 fully saturated rings. The van der Waals surface area contributed by atoms with Crippen molar-refractivity contribution < 1.29 is 82.5 Å². The Hall–Kier alpha value is -3.49. The van der Waals surface area contributed by atoms with Gasteiger partial charge in [-0.2, -0.15) is 0 Å². The summed E-state index contributed by atoms with van der Waals surface area (Å²) in [4.78, 5) is 37.6. The van der Waals surface area contributed by atoms with Gasteiger partial charge in [0.2, 0.25) is 6.29 Å². The maximum Gasteiger partial charge on any atom is 0.331 e. The number of epoxide rings is 1. The minimum atomic E-state index is -1.72.